The summed E-state index contributed by atoms with van der Waals surface area (Å²) in [5.41, 5.74) is 1.21. The molecule has 0 aromatic carbocycles. The van der Waals surface area contributed by atoms with Crippen LogP contribution in [0.15, 0.2) is 17.5 Å². The van der Waals surface area contributed by atoms with E-state index >= 15 is 0 Å². The summed E-state index contributed by atoms with van der Waals surface area (Å²) in [4.78, 5) is 1.01. The van der Waals surface area contributed by atoms with Crippen LogP contribution < -0.4 is 0 Å². The van der Waals surface area contributed by atoms with Gasteiger partial charge in [-0.15, -0.1) is 11.3 Å². The average Bonchev–Trinajstić information content (AvgIpc) is 2.51. The van der Waals surface area contributed by atoms with Crippen molar-refractivity contribution in [1.82, 2.24) is 0 Å². The minimum atomic E-state index is 0.546. The second-order valence-corrected chi connectivity index (χ2v) is 3.57. The van der Waals surface area contributed by atoms with Gasteiger partial charge < -0.3 is 0 Å². The lowest BCUT2D eigenvalue weighted by Gasteiger charge is -1.96. The zero-order chi connectivity index (χ0) is 8.97. The highest BCUT2D eigenvalue weighted by Crippen LogP contribution is 2.28. The molecule has 3 heteroatoms. The quantitative estimate of drug-likeness (QED) is 0.667. The van der Waals surface area contributed by atoms with Gasteiger partial charge in [-0.05, 0) is 23.4 Å². The molecule has 0 radical (unpaired) electrons. The highest BCUT2D eigenvalue weighted by Gasteiger charge is 2.04. The third-order valence-electron chi connectivity index (χ3n) is 1.54. The van der Waals surface area contributed by atoms with Gasteiger partial charge in [0.15, 0.2) is 0 Å². The molecule has 0 aliphatic rings. The zero-order valence-corrected chi connectivity index (χ0v) is 8.25. The Hall–Kier alpha value is -0.780. The second-order valence-electron chi connectivity index (χ2n) is 2.25. The number of thiophene rings is 1. The van der Waals surface area contributed by atoms with Crippen molar-refractivity contribution in [2.75, 3.05) is 0 Å². The number of hydrogen-bond acceptors (Lipinski definition) is 2. The molecule has 0 saturated carbocycles. The molecule has 0 aliphatic heterocycles. The number of rotatable bonds is 2. The summed E-state index contributed by atoms with van der Waals surface area (Å²) in [6, 6.07) is 3.96. The number of aryl methyl sites for hydroxylation is 1. The minimum Gasteiger partial charge on any atom is -0.193 e. The van der Waals surface area contributed by atoms with Crippen LogP contribution in [0, 0.1) is 11.3 Å². The van der Waals surface area contributed by atoms with Gasteiger partial charge in [0.25, 0.3) is 0 Å². The Kier molecular flexibility index (Phi) is 3.33. The molecule has 1 aromatic rings. The van der Waals surface area contributed by atoms with Gasteiger partial charge in [0, 0.05) is 11.0 Å². The van der Waals surface area contributed by atoms with Gasteiger partial charge in [0.1, 0.15) is 0 Å². The largest absolute Gasteiger partial charge is 0.193 e. The normalized spacial score (nSPS) is 11.2. The fraction of sp³-hybridized carbons (Fsp3) is 0.222. The molecule has 12 heavy (non-hydrogen) atoms. The molecule has 0 spiro atoms. The van der Waals surface area contributed by atoms with Crippen molar-refractivity contribution in [2.24, 2.45) is 0 Å². The van der Waals surface area contributed by atoms with E-state index in [1.807, 2.05) is 17.5 Å². The zero-order valence-electron chi connectivity index (χ0n) is 6.67. The monoisotopic (exact) mass is 197 g/mol. The lowest BCUT2D eigenvalue weighted by molar-refractivity contribution is 1.15. The van der Waals surface area contributed by atoms with E-state index in [0.29, 0.717) is 5.03 Å². The van der Waals surface area contributed by atoms with Crippen molar-refractivity contribution < 1.29 is 0 Å². The fourth-order valence-electron chi connectivity index (χ4n) is 0.946. The second kappa shape index (κ2) is 4.30. The summed E-state index contributed by atoms with van der Waals surface area (Å²) in [6.45, 7) is 2.07. The molecule has 0 aliphatic carbocycles. The molecule has 1 nitrogen and oxygen atoms in total. The molecule has 1 rings (SSSR count). The molecule has 0 unspecified atom stereocenters. The van der Waals surface area contributed by atoms with E-state index in [-0.39, 0.29) is 0 Å². The van der Waals surface area contributed by atoms with Crippen LogP contribution in [0.5, 0.6) is 0 Å². The van der Waals surface area contributed by atoms with Crippen molar-refractivity contribution in [3.63, 3.8) is 0 Å². The Labute approximate surface area is 80.9 Å². The van der Waals surface area contributed by atoms with E-state index in [0.717, 1.165) is 11.3 Å². The van der Waals surface area contributed by atoms with Crippen LogP contribution in [0.4, 0.5) is 0 Å². The maximum Gasteiger partial charge on any atom is 0.0928 e. The predicted octanol–water partition coefficient (Wildman–Crippen LogP) is 3.41. The van der Waals surface area contributed by atoms with Crippen molar-refractivity contribution in [2.45, 2.75) is 13.3 Å². The first kappa shape index (κ1) is 9.31. The van der Waals surface area contributed by atoms with Gasteiger partial charge in [-0.25, -0.2) is 0 Å². The van der Waals surface area contributed by atoms with E-state index in [1.165, 1.54) is 11.6 Å². The van der Waals surface area contributed by atoms with E-state index in [4.69, 9.17) is 16.9 Å². The minimum absolute atomic E-state index is 0.546. The average molecular weight is 198 g/mol. The maximum atomic E-state index is 8.39. The predicted molar refractivity (Wildman–Crippen MR) is 53.1 cm³/mol. The lowest BCUT2D eigenvalue weighted by atomic mass is 10.2. The summed E-state index contributed by atoms with van der Waals surface area (Å²) in [5, 5.41) is 10.9. The molecule has 0 fully saturated rings. The van der Waals surface area contributed by atoms with Crippen LogP contribution >= 0.6 is 22.9 Å². The van der Waals surface area contributed by atoms with Crippen molar-refractivity contribution in [3.05, 3.63) is 28.0 Å². The van der Waals surface area contributed by atoms with Crippen molar-refractivity contribution in [3.8, 4) is 6.07 Å². The maximum absolute atomic E-state index is 8.39. The highest BCUT2D eigenvalue weighted by atomic mass is 35.5. The number of nitrogens with zero attached hydrogens (tertiary/aromatic N) is 1. The molecule has 62 valence electrons. The summed E-state index contributed by atoms with van der Waals surface area (Å²) < 4.78 is 0. The smallest absolute Gasteiger partial charge is 0.0928 e. The van der Waals surface area contributed by atoms with Crippen molar-refractivity contribution >= 4 is 28.0 Å². The topological polar surface area (TPSA) is 23.8 Å². The molecule has 1 aromatic heterocycles. The van der Waals surface area contributed by atoms with Crippen LogP contribution in [-0.2, 0) is 6.42 Å². The van der Waals surface area contributed by atoms with Gasteiger partial charge >= 0.3 is 0 Å². The molecule has 0 atom stereocenters. The van der Waals surface area contributed by atoms with Crippen LogP contribution in [0.1, 0.15) is 17.4 Å². The van der Waals surface area contributed by atoms with Crippen LogP contribution in [0.25, 0.3) is 5.03 Å². The van der Waals surface area contributed by atoms with E-state index in [1.54, 1.807) is 11.3 Å². The van der Waals surface area contributed by atoms with E-state index < -0.39 is 0 Å². The summed E-state index contributed by atoms with van der Waals surface area (Å²) in [5.74, 6) is 0. The standard InChI is InChI=1S/C9H8ClNS/c1-2-7-4-6-12-9(7)8(10)3-5-11/h3-4,6H,2H2,1H3/b8-3-. The van der Waals surface area contributed by atoms with Crippen LogP contribution in [-0.4, -0.2) is 0 Å². The summed E-state index contributed by atoms with van der Waals surface area (Å²) in [7, 11) is 0. The molecular weight excluding hydrogens is 190 g/mol. The number of nitriles is 1. The Morgan fingerprint density at radius 2 is 2.58 bits per heavy atom. The number of hydrogen-bond donors (Lipinski definition) is 0. The number of allylic oxidation sites excluding steroid dienone is 1. The lowest BCUT2D eigenvalue weighted by Crippen LogP contribution is -1.79. The van der Waals surface area contributed by atoms with Gasteiger partial charge in [0.05, 0.1) is 11.1 Å². The SMILES string of the molecule is CCc1ccsc1/C(Cl)=C/C#N. The first-order valence-corrected chi connectivity index (χ1v) is 4.87. The first-order chi connectivity index (χ1) is 5.79. The Morgan fingerprint density at radius 3 is 3.17 bits per heavy atom. The molecule has 0 amide bonds. The van der Waals surface area contributed by atoms with Crippen LogP contribution in [0.2, 0.25) is 0 Å². The van der Waals surface area contributed by atoms with Gasteiger partial charge in [0.2, 0.25) is 0 Å². The third-order valence-corrected chi connectivity index (χ3v) is 2.94. The Bertz CT molecular complexity index is 333. The molecule has 0 bridgehead atoms. The van der Waals surface area contributed by atoms with Gasteiger partial charge in [-0.1, -0.05) is 18.5 Å². The Morgan fingerprint density at radius 1 is 1.83 bits per heavy atom. The van der Waals surface area contributed by atoms with Crippen LogP contribution in [0.3, 0.4) is 0 Å². The fourth-order valence-corrected chi connectivity index (χ4v) is 2.15. The molecule has 0 saturated heterocycles. The van der Waals surface area contributed by atoms with Crippen molar-refractivity contribution in [1.29, 1.82) is 5.26 Å². The highest BCUT2D eigenvalue weighted by molar-refractivity contribution is 7.12. The summed E-state index contributed by atoms with van der Waals surface area (Å²) >= 11 is 7.45. The molecule has 0 N–H and O–H groups in total. The Balaban J connectivity index is 3.03. The third kappa shape index (κ3) is 1.88. The van der Waals surface area contributed by atoms with Gasteiger partial charge in [-0.2, -0.15) is 5.26 Å². The number of halogens is 1. The first-order valence-electron chi connectivity index (χ1n) is 3.61. The van der Waals surface area contributed by atoms with Gasteiger partial charge in [-0.3, -0.25) is 0 Å². The molecular formula is C9H8ClNS. The molecule has 1 heterocycles. The van der Waals surface area contributed by atoms with E-state index in [2.05, 4.69) is 6.92 Å². The summed E-state index contributed by atoms with van der Waals surface area (Å²) in [6.07, 6.45) is 2.32. The van der Waals surface area contributed by atoms with E-state index in [9.17, 15) is 0 Å².